The first-order valence-electron chi connectivity index (χ1n) is 6.26. The maximum atomic E-state index is 12.4. The highest BCUT2D eigenvalue weighted by Gasteiger charge is 2.28. The molecule has 2 rings (SSSR count). The Morgan fingerprint density at radius 1 is 1.58 bits per heavy atom. The summed E-state index contributed by atoms with van der Waals surface area (Å²) in [5.41, 5.74) is 3.45. The van der Waals surface area contributed by atoms with E-state index in [2.05, 4.69) is 5.43 Å². The van der Waals surface area contributed by atoms with E-state index in [0.717, 1.165) is 6.42 Å². The Bertz CT molecular complexity index is 481. The van der Waals surface area contributed by atoms with Crippen LogP contribution in [-0.2, 0) is 0 Å². The summed E-state index contributed by atoms with van der Waals surface area (Å²) < 4.78 is 0. The summed E-state index contributed by atoms with van der Waals surface area (Å²) in [5, 5.41) is 10.3. The second kappa shape index (κ2) is 5.77. The van der Waals surface area contributed by atoms with Gasteiger partial charge >= 0.3 is 0 Å². The Balaban J connectivity index is 2.22. The first-order chi connectivity index (χ1) is 9.02. The number of nitrogens with zero attached hydrogens (tertiary/aromatic N) is 1. The van der Waals surface area contributed by atoms with Gasteiger partial charge in [-0.25, -0.2) is 0 Å². The van der Waals surface area contributed by atoms with Gasteiger partial charge in [-0.05, 0) is 30.5 Å². The highest BCUT2D eigenvalue weighted by Crippen LogP contribution is 2.24. The molecule has 5 nitrogen and oxygen atoms in total. The fourth-order valence-electron chi connectivity index (χ4n) is 2.22. The lowest BCUT2D eigenvalue weighted by Gasteiger charge is -2.34. The first kappa shape index (κ1) is 14.1. The summed E-state index contributed by atoms with van der Waals surface area (Å²) in [6, 6.07) is 4.92. The Labute approximate surface area is 117 Å². The molecule has 1 fully saturated rings. The highest BCUT2D eigenvalue weighted by atomic mass is 35.5. The topological polar surface area (TPSA) is 78.6 Å². The lowest BCUT2D eigenvalue weighted by Crippen LogP contribution is -2.46. The number of β-amino-alcohol motifs (C(OH)–C–C–N with tert-alkyl or cyclic N) is 1. The van der Waals surface area contributed by atoms with Crippen molar-refractivity contribution in [2.24, 2.45) is 11.8 Å². The summed E-state index contributed by atoms with van der Waals surface area (Å²) in [7, 11) is 0. The summed E-state index contributed by atoms with van der Waals surface area (Å²) >= 11 is 5.92. The van der Waals surface area contributed by atoms with Crippen molar-refractivity contribution in [3.05, 3.63) is 28.8 Å². The van der Waals surface area contributed by atoms with Crippen LogP contribution in [0.3, 0.4) is 0 Å². The molecule has 0 saturated carbocycles. The zero-order valence-electron chi connectivity index (χ0n) is 10.8. The fourth-order valence-corrected chi connectivity index (χ4v) is 2.40. The van der Waals surface area contributed by atoms with Crippen LogP contribution in [-0.4, -0.2) is 35.1 Å². The zero-order chi connectivity index (χ0) is 14.0. The van der Waals surface area contributed by atoms with Gasteiger partial charge in [0.05, 0.1) is 17.4 Å². The average Bonchev–Trinajstić information content (AvgIpc) is 2.41. The number of anilines is 1. The predicted octanol–water partition coefficient (Wildman–Crippen LogP) is 1.47. The molecule has 2 unspecified atom stereocenters. The van der Waals surface area contributed by atoms with E-state index in [4.69, 9.17) is 17.4 Å². The van der Waals surface area contributed by atoms with Crippen molar-refractivity contribution in [2.75, 3.05) is 18.5 Å². The molecule has 0 spiro atoms. The van der Waals surface area contributed by atoms with Gasteiger partial charge < -0.3 is 15.4 Å². The number of carbonyl (C=O) groups excluding carboxylic acids is 1. The lowest BCUT2D eigenvalue weighted by atomic mass is 9.95. The van der Waals surface area contributed by atoms with E-state index in [0.29, 0.717) is 29.4 Å². The molecule has 1 aliphatic heterocycles. The smallest absolute Gasteiger partial charge is 0.256 e. The largest absolute Gasteiger partial charge is 0.391 e. The number of nitrogen functional groups attached to an aromatic ring is 1. The van der Waals surface area contributed by atoms with E-state index in [-0.39, 0.29) is 11.8 Å². The molecule has 0 aliphatic carbocycles. The third-order valence-electron chi connectivity index (χ3n) is 3.57. The normalized spacial score (nSPS) is 23.3. The number of likely N-dealkylation sites (tertiary alicyclic amines) is 1. The Morgan fingerprint density at radius 3 is 2.95 bits per heavy atom. The van der Waals surface area contributed by atoms with Gasteiger partial charge in [0, 0.05) is 18.1 Å². The van der Waals surface area contributed by atoms with E-state index in [1.54, 1.807) is 23.1 Å². The number of amides is 1. The van der Waals surface area contributed by atoms with Crippen molar-refractivity contribution < 1.29 is 9.90 Å². The summed E-state index contributed by atoms with van der Waals surface area (Å²) in [6.07, 6.45) is 0.310. The van der Waals surface area contributed by atoms with Crippen LogP contribution in [0.25, 0.3) is 0 Å². The number of hydrogen-bond acceptors (Lipinski definition) is 4. The van der Waals surface area contributed by atoms with Crippen molar-refractivity contribution in [2.45, 2.75) is 19.4 Å². The minimum atomic E-state index is -0.480. The number of nitrogens with two attached hydrogens (primary N) is 1. The molecule has 104 valence electrons. The molecule has 1 aromatic carbocycles. The van der Waals surface area contributed by atoms with Crippen LogP contribution in [0, 0.1) is 5.92 Å². The fraction of sp³-hybridized carbons (Fsp3) is 0.462. The van der Waals surface area contributed by atoms with E-state index in [1.165, 1.54) is 0 Å². The summed E-state index contributed by atoms with van der Waals surface area (Å²) in [6.45, 7) is 2.96. The van der Waals surface area contributed by atoms with E-state index >= 15 is 0 Å². The van der Waals surface area contributed by atoms with Crippen LogP contribution >= 0.6 is 11.6 Å². The maximum Gasteiger partial charge on any atom is 0.256 e. The van der Waals surface area contributed by atoms with Gasteiger partial charge in [0.25, 0.3) is 5.91 Å². The van der Waals surface area contributed by atoms with Crippen molar-refractivity contribution >= 4 is 23.2 Å². The van der Waals surface area contributed by atoms with Crippen LogP contribution < -0.4 is 11.3 Å². The third-order valence-corrected chi connectivity index (χ3v) is 3.81. The molecule has 1 saturated heterocycles. The molecule has 6 heteroatoms. The molecule has 2 atom stereocenters. The van der Waals surface area contributed by atoms with Crippen molar-refractivity contribution in [3.8, 4) is 0 Å². The Morgan fingerprint density at radius 2 is 2.32 bits per heavy atom. The van der Waals surface area contributed by atoms with Crippen molar-refractivity contribution in [3.63, 3.8) is 0 Å². The number of carbonyl (C=O) groups is 1. The summed E-state index contributed by atoms with van der Waals surface area (Å²) in [4.78, 5) is 14.1. The van der Waals surface area contributed by atoms with Gasteiger partial charge in [0.15, 0.2) is 0 Å². The van der Waals surface area contributed by atoms with E-state index in [1.807, 2.05) is 6.92 Å². The molecule has 0 radical (unpaired) electrons. The van der Waals surface area contributed by atoms with Crippen LogP contribution in [0.15, 0.2) is 18.2 Å². The number of halogens is 1. The van der Waals surface area contributed by atoms with E-state index in [9.17, 15) is 9.90 Å². The van der Waals surface area contributed by atoms with Crippen molar-refractivity contribution in [1.82, 2.24) is 4.90 Å². The minimum Gasteiger partial charge on any atom is -0.391 e. The monoisotopic (exact) mass is 283 g/mol. The van der Waals surface area contributed by atoms with Crippen molar-refractivity contribution in [1.29, 1.82) is 0 Å². The molecule has 19 heavy (non-hydrogen) atoms. The molecule has 0 bridgehead atoms. The minimum absolute atomic E-state index is 0.165. The van der Waals surface area contributed by atoms with Gasteiger partial charge in [-0.15, -0.1) is 0 Å². The Hall–Kier alpha value is -1.30. The van der Waals surface area contributed by atoms with Crippen LogP contribution in [0.5, 0.6) is 0 Å². The highest BCUT2D eigenvalue weighted by molar-refractivity contribution is 6.31. The SMILES string of the molecule is CC1CCN(C(=O)c2cc(Cl)ccc2NN)CC1O. The van der Waals surface area contributed by atoms with Gasteiger partial charge in [-0.1, -0.05) is 18.5 Å². The number of piperidine rings is 1. The summed E-state index contributed by atoms with van der Waals surface area (Å²) in [5.74, 6) is 5.46. The molecular weight excluding hydrogens is 266 g/mol. The second-order valence-corrected chi connectivity index (χ2v) is 5.36. The number of aliphatic hydroxyl groups excluding tert-OH is 1. The number of benzene rings is 1. The number of aliphatic hydroxyl groups is 1. The maximum absolute atomic E-state index is 12.4. The van der Waals surface area contributed by atoms with Gasteiger partial charge in [-0.2, -0.15) is 0 Å². The Kier molecular flexibility index (Phi) is 4.29. The van der Waals surface area contributed by atoms with Gasteiger partial charge in [-0.3, -0.25) is 10.6 Å². The molecule has 4 N–H and O–H groups in total. The van der Waals surface area contributed by atoms with Crippen LogP contribution in [0.4, 0.5) is 5.69 Å². The molecule has 0 aromatic heterocycles. The van der Waals surface area contributed by atoms with Crippen LogP contribution in [0.2, 0.25) is 5.02 Å². The second-order valence-electron chi connectivity index (χ2n) is 4.92. The molecule has 1 amide bonds. The zero-order valence-corrected chi connectivity index (χ0v) is 11.5. The number of hydrazine groups is 1. The van der Waals surface area contributed by atoms with Gasteiger partial charge in [0.1, 0.15) is 0 Å². The standard InChI is InChI=1S/C13H18ClN3O2/c1-8-4-5-17(7-12(8)18)13(19)10-6-9(14)2-3-11(10)16-15/h2-3,6,8,12,16,18H,4-5,7,15H2,1H3. The first-order valence-corrected chi connectivity index (χ1v) is 6.64. The predicted molar refractivity (Wildman–Crippen MR) is 75.0 cm³/mol. The molecular formula is C13H18ClN3O2. The number of hydrogen-bond donors (Lipinski definition) is 3. The number of nitrogens with one attached hydrogen (secondary N) is 1. The lowest BCUT2D eigenvalue weighted by molar-refractivity contribution is 0.0249. The molecule has 1 heterocycles. The third kappa shape index (κ3) is 3.00. The average molecular weight is 284 g/mol. The number of rotatable bonds is 2. The quantitative estimate of drug-likeness (QED) is 0.567. The van der Waals surface area contributed by atoms with E-state index < -0.39 is 6.10 Å². The van der Waals surface area contributed by atoms with Gasteiger partial charge in [0.2, 0.25) is 0 Å². The molecule has 1 aromatic rings. The molecule has 1 aliphatic rings. The van der Waals surface area contributed by atoms with Crippen LogP contribution in [0.1, 0.15) is 23.7 Å².